The first-order chi connectivity index (χ1) is 10.6. The number of fused-ring (bicyclic) bond motifs is 1. The van der Waals surface area contributed by atoms with Gasteiger partial charge in [-0.1, -0.05) is 37.1 Å². The minimum absolute atomic E-state index is 0.00177. The Kier molecular flexibility index (Phi) is 4.24. The van der Waals surface area contributed by atoms with E-state index in [0.717, 1.165) is 42.1 Å². The fraction of sp³-hybridized carbons (Fsp3) is 0.294. The topological polar surface area (TPSA) is 61.4 Å². The van der Waals surface area contributed by atoms with Crippen LogP contribution < -0.4 is 10.6 Å². The van der Waals surface area contributed by atoms with Crippen molar-refractivity contribution >= 4 is 39.7 Å². The lowest BCUT2D eigenvalue weighted by Gasteiger charge is -2.14. The Hall–Kier alpha value is -2.14. The number of thiocarbonyl (C=S) groups is 1. The molecule has 3 rings (SSSR count). The van der Waals surface area contributed by atoms with Crippen LogP contribution in [0.25, 0.3) is 10.8 Å². The number of rotatable bonds is 2. The summed E-state index contributed by atoms with van der Waals surface area (Å²) in [5.74, 6) is 0.302. The number of phenols is 1. The summed E-state index contributed by atoms with van der Waals surface area (Å²) < 4.78 is 0. The van der Waals surface area contributed by atoms with Crippen LogP contribution in [0.3, 0.4) is 0 Å². The van der Waals surface area contributed by atoms with Gasteiger partial charge in [-0.15, -0.1) is 0 Å². The highest BCUT2D eigenvalue weighted by atomic mass is 32.1. The fourth-order valence-electron chi connectivity index (χ4n) is 2.96. The van der Waals surface area contributed by atoms with Crippen LogP contribution in [0.5, 0.6) is 5.75 Å². The number of phenolic OH excluding ortho intramolecular Hbond substituents is 1. The second kappa shape index (κ2) is 6.32. The van der Waals surface area contributed by atoms with E-state index >= 15 is 0 Å². The molecule has 3 N–H and O–H groups in total. The summed E-state index contributed by atoms with van der Waals surface area (Å²) in [6.45, 7) is 0. The third kappa shape index (κ3) is 3.04. The summed E-state index contributed by atoms with van der Waals surface area (Å²) >= 11 is 5.24. The first-order valence-electron chi connectivity index (χ1n) is 7.48. The van der Waals surface area contributed by atoms with Gasteiger partial charge in [0, 0.05) is 22.4 Å². The predicted molar refractivity (Wildman–Crippen MR) is 91.9 cm³/mol. The third-order valence-corrected chi connectivity index (χ3v) is 4.31. The second-order valence-electron chi connectivity index (χ2n) is 5.60. The Morgan fingerprint density at radius 1 is 1.09 bits per heavy atom. The molecular weight excluding hydrogens is 296 g/mol. The van der Waals surface area contributed by atoms with E-state index in [9.17, 15) is 9.90 Å². The molecule has 0 atom stereocenters. The summed E-state index contributed by atoms with van der Waals surface area (Å²) in [5.41, 5.74) is 0.769. The summed E-state index contributed by atoms with van der Waals surface area (Å²) in [4.78, 5) is 12.1. The Balaban J connectivity index is 1.74. The number of hydrogen-bond donors (Lipinski definition) is 3. The van der Waals surface area contributed by atoms with Crippen LogP contribution in [0.4, 0.5) is 5.69 Å². The monoisotopic (exact) mass is 314 g/mol. The maximum atomic E-state index is 12.1. The number of aromatic hydroxyl groups is 1. The van der Waals surface area contributed by atoms with Crippen LogP contribution >= 0.6 is 12.2 Å². The van der Waals surface area contributed by atoms with Gasteiger partial charge in [0.05, 0.1) is 0 Å². The molecule has 1 saturated carbocycles. The number of amides is 1. The lowest BCUT2D eigenvalue weighted by atomic mass is 10.1. The van der Waals surface area contributed by atoms with Gasteiger partial charge < -0.3 is 15.7 Å². The molecule has 5 heteroatoms. The fourth-order valence-corrected chi connectivity index (χ4v) is 3.17. The smallest absolute Gasteiger partial charge is 0.229 e. The molecule has 0 saturated heterocycles. The van der Waals surface area contributed by atoms with E-state index in [2.05, 4.69) is 10.6 Å². The maximum absolute atomic E-state index is 12.1. The third-order valence-electron chi connectivity index (χ3n) is 4.11. The lowest BCUT2D eigenvalue weighted by molar-refractivity contribution is -0.123. The molecule has 2 aromatic carbocycles. The standard InChI is InChI=1S/C17H18N2O2S/c20-15-10-4-7-12-13(15)8-3-9-14(12)18-17(22)19-16(21)11-5-1-2-6-11/h3-4,7-11,20H,1-2,5-6H2,(H2,18,19,21,22). The summed E-state index contributed by atoms with van der Waals surface area (Å²) in [6.07, 6.45) is 4.11. The molecule has 2 aromatic rings. The summed E-state index contributed by atoms with van der Waals surface area (Å²) in [5, 5.41) is 17.6. The zero-order valence-corrected chi connectivity index (χ0v) is 13.0. The van der Waals surface area contributed by atoms with Crippen molar-refractivity contribution in [3.63, 3.8) is 0 Å². The van der Waals surface area contributed by atoms with E-state index in [-0.39, 0.29) is 17.6 Å². The van der Waals surface area contributed by atoms with Crippen molar-refractivity contribution in [3.8, 4) is 5.75 Å². The van der Waals surface area contributed by atoms with Crippen LogP contribution in [0, 0.1) is 5.92 Å². The average Bonchev–Trinajstić information content (AvgIpc) is 3.02. The van der Waals surface area contributed by atoms with E-state index in [1.807, 2.05) is 24.3 Å². The molecule has 0 aromatic heterocycles. The molecule has 0 bridgehead atoms. The molecule has 0 aliphatic heterocycles. The minimum Gasteiger partial charge on any atom is -0.507 e. The summed E-state index contributed by atoms with van der Waals surface area (Å²) in [6, 6.07) is 10.9. The molecule has 4 nitrogen and oxygen atoms in total. The van der Waals surface area contributed by atoms with Crippen molar-refractivity contribution in [2.45, 2.75) is 25.7 Å². The first kappa shape index (κ1) is 14.8. The van der Waals surface area contributed by atoms with Gasteiger partial charge in [-0.05, 0) is 37.2 Å². The number of carbonyl (C=O) groups excluding carboxylic acids is 1. The SMILES string of the molecule is O=C(NC(=S)Nc1cccc2c(O)cccc12)C1CCCC1. The van der Waals surface area contributed by atoms with Crippen LogP contribution in [0.2, 0.25) is 0 Å². The van der Waals surface area contributed by atoms with Crippen molar-refractivity contribution in [1.29, 1.82) is 0 Å². The van der Waals surface area contributed by atoms with Gasteiger partial charge in [-0.2, -0.15) is 0 Å². The summed E-state index contributed by atoms with van der Waals surface area (Å²) in [7, 11) is 0. The van der Waals surface area contributed by atoms with Crippen molar-refractivity contribution in [1.82, 2.24) is 5.32 Å². The van der Waals surface area contributed by atoms with Crippen LogP contribution in [0.1, 0.15) is 25.7 Å². The van der Waals surface area contributed by atoms with Gasteiger partial charge in [-0.25, -0.2) is 0 Å². The molecule has 0 spiro atoms. The van der Waals surface area contributed by atoms with Crippen LogP contribution in [0.15, 0.2) is 36.4 Å². The lowest BCUT2D eigenvalue weighted by Crippen LogP contribution is -2.37. The van der Waals surface area contributed by atoms with Gasteiger partial charge >= 0.3 is 0 Å². The van der Waals surface area contributed by atoms with E-state index in [0.29, 0.717) is 5.11 Å². The highest BCUT2D eigenvalue weighted by Crippen LogP contribution is 2.30. The number of nitrogens with one attached hydrogen (secondary N) is 2. The Morgan fingerprint density at radius 3 is 2.55 bits per heavy atom. The van der Waals surface area contributed by atoms with Gasteiger partial charge in [0.25, 0.3) is 0 Å². The van der Waals surface area contributed by atoms with Crippen molar-refractivity contribution < 1.29 is 9.90 Å². The predicted octanol–water partition coefficient (Wildman–Crippen LogP) is 3.55. The van der Waals surface area contributed by atoms with E-state index in [4.69, 9.17) is 12.2 Å². The molecule has 0 radical (unpaired) electrons. The van der Waals surface area contributed by atoms with Gasteiger partial charge in [0.15, 0.2) is 5.11 Å². The van der Waals surface area contributed by atoms with Crippen LogP contribution in [-0.4, -0.2) is 16.1 Å². The molecular formula is C17H18N2O2S. The number of hydrogen-bond acceptors (Lipinski definition) is 3. The quantitative estimate of drug-likeness (QED) is 0.742. The van der Waals surface area contributed by atoms with E-state index < -0.39 is 0 Å². The highest BCUT2D eigenvalue weighted by Gasteiger charge is 2.23. The van der Waals surface area contributed by atoms with Crippen LogP contribution in [-0.2, 0) is 4.79 Å². The number of carbonyl (C=O) groups is 1. The zero-order chi connectivity index (χ0) is 15.5. The Labute approximate surface area is 134 Å². The number of benzene rings is 2. The van der Waals surface area contributed by atoms with Gasteiger partial charge in [0.2, 0.25) is 5.91 Å². The van der Waals surface area contributed by atoms with Crippen molar-refractivity contribution in [2.75, 3.05) is 5.32 Å². The average molecular weight is 314 g/mol. The Morgan fingerprint density at radius 2 is 1.77 bits per heavy atom. The highest BCUT2D eigenvalue weighted by molar-refractivity contribution is 7.80. The molecule has 0 unspecified atom stereocenters. The molecule has 114 valence electrons. The first-order valence-corrected chi connectivity index (χ1v) is 7.88. The van der Waals surface area contributed by atoms with Crippen molar-refractivity contribution in [3.05, 3.63) is 36.4 Å². The zero-order valence-electron chi connectivity index (χ0n) is 12.1. The van der Waals surface area contributed by atoms with Gasteiger partial charge in [-0.3, -0.25) is 4.79 Å². The van der Waals surface area contributed by atoms with E-state index in [1.54, 1.807) is 12.1 Å². The maximum Gasteiger partial charge on any atom is 0.229 e. The minimum atomic E-state index is -0.00177. The van der Waals surface area contributed by atoms with Gasteiger partial charge in [0.1, 0.15) is 5.75 Å². The molecule has 1 aliphatic rings. The molecule has 1 amide bonds. The molecule has 0 heterocycles. The molecule has 1 aliphatic carbocycles. The Bertz CT molecular complexity index is 724. The molecule has 22 heavy (non-hydrogen) atoms. The van der Waals surface area contributed by atoms with E-state index in [1.165, 1.54) is 0 Å². The largest absolute Gasteiger partial charge is 0.507 e. The normalized spacial score (nSPS) is 14.9. The number of anilines is 1. The molecule has 1 fully saturated rings. The second-order valence-corrected chi connectivity index (χ2v) is 6.01. The van der Waals surface area contributed by atoms with Crippen molar-refractivity contribution in [2.24, 2.45) is 5.92 Å².